The highest BCUT2D eigenvalue weighted by molar-refractivity contribution is 5.93. The van der Waals surface area contributed by atoms with Gasteiger partial charge in [-0.25, -0.2) is 19.2 Å². The van der Waals surface area contributed by atoms with Gasteiger partial charge in [-0.15, -0.1) is 0 Å². The van der Waals surface area contributed by atoms with Crippen molar-refractivity contribution in [2.24, 2.45) is 5.92 Å². The maximum Gasteiger partial charge on any atom is 0.337 e. The molecule has 0 aromatic rings. The number of carbonyl (C=O) groups excluding carboxylic acids is 3. The molecule has 0 bridgehead atoms. The highest BCUT2D eigenvalue weighted by atomic mass is 16.5. The lowest BCUT2D eigenvalue weighted by atomic mass is 10.0. The lowest BCUT2D eigenvalue weighted by molar-refractivity contribution is -0.140. The molecule has 0 aliphatic rings. The third kappa shape index (κ3) is 28.8. The molecule has 0 aliphatic heterocycles. The molecule has 0 aromatic heterocycles. The van der Waals surface area contributed by atoms with Crippen LogP contribution in [0.25, 0.3) is 0 Å². The van der Waals surface area contributed by atoms with Gasteiger partial charge in [-0.3, -0.25) is 0 Å². The molecule has 1 atom stereocenters. The van der Waals surface area contributed by atoms with Gasteiger partial charge in [-0.2, -0.15) is 0 Å². The van der Waals surface area contributed by atoms with Crippen molar-refractivity contribution in [3.63, 3.8) is 0 Å². The second-order valence-electron chi connectivity index (χ2n) is 7.03. The van der Waals surface area contributed by atoms with Crippen LogP contribution >= 0.6 is 0 Å². The summed E-state index contributed by atoms with van der Waals surface area (Å²) in [6.07, 6.45) is 10.5. The van der Waals surface area contributed by atoms with E-state index in [9.17, 15) is 19.2 Å². The number of aliphatic hydroxyl groups is 1. The number of rotatable bonds is 16. The van der Waals surface area contributed by atoms with Crippen LogP contribution in [-0.4, -0.2) is 60.5 Å². The smallest absolute Gasteiger partial charge is 0.337 e. The van der Waals surface area contributed by atoms with Crippen molar-refractivity contribution in [1.29, 1.82) is 0 Å². The Hall–Kier alpha value is -3.20. The lowest BCUT2D eigenvalue weighted by Gasteiger charge is -2.14. The fraction of sp³-hybridized carbons (Fsp3) is 0.538. The highest BCUT2D eigenvalue weighted by Gasteiger charge is 2.11. The second kappa shape index (κ2) is 27.0. The van der Waals surface area contributed by atoms with Gasteiger partial charge in [-0.1, -0.05) is 66.2 Å². The van der Waals surface area contributed by atoms with E-state index in [2.05, 4.69) is 43.1 Å². The Bertz CT molecular complexity index is 666. The van der Waals surface area contributed by atoms with Crippen LogP contribution in [0.2, 0.25) is 0 Å². The molecule has 9 nitrogen and oxygen atoms in total. The number of esters is 3. The average Bonchev–Trinajstić information content (AvgIpc) is 2.86. The first-order valence-corrected chi connectivity index (χ1v) is 11.6. The minimum absolute atomic E-state index is 0.0465. The Morgan fingerprint density at radius 1 is 0.857 bits per heavy atom. The Balaban J connectivity index is -0.000000501. The van der Waals surface area contributed by atoms with Crippen molar-refractivity contribution in [1.82, 2.24) is 0 Å². The Labute approximate surface area is 209 Å². The Morgan fingerprint density at radius 3 is 1.83 bits per heavy atom. The molecule has 0 radical (unpaired) electrons. The molecular formula is C26H42O9. The number of carbonyl (C=O) groups is 4. The first kappa shape index (κ1) is 36.4. The standard InChI is InChI=1S/C14H22O4.C7H12O2.C5H8O3/c1-4-6-7-12(5-2)10-18-14(17)11(3)8-9-13(15)16;1-3-5-6-9-7(8)4-2;1-2-5(7)8-4-3-6/h8-9,12H,3-7,10H2,1-2H3,(H,15,16);4H,2-3,5-6H2,1H3;2,6H,1,3-4H2. The fourth-order valence-electron chi connectivity index (χ4n) is 2.01. The second-order valence-corrected chi connectivity index (χ2v) is 7.03. The van der Waals surface area contributed by atoms with Crippen LogP contribution in [-0.2, 0) is 33.4 Å². The van der Waals surface area contributed by atoms with Gasteiger partial charge in [0.1, 0.15) is 6.61 Å². The zero-order chi connectivity index (χ0) is 27.5. The summed E-state index contributed by atoms with van der Waals surface area (Å²) in [4.78, 5) is 42.2. The maximum absolute atomic E-state index is 11.5. The first-order valence-electron chi connectivity index (χ1n) is 11.6. The molecule has 9 heteroatoms. The number of carboxylic acid groups (broad SMARTS) is 1. The van der Waals surface area contributed by atoms with E-state index in [1.54, 1.807) is 0 Å². The number of carboxylic acids is 1. The summed E-state index contributed by atoms with van der Waals surface area (Å²) in [6.45, 7) is 16.9. The van der Waals surface area contributed by atoms with Gasteiger partial charge < -0.3 is 24.4 Å². The molecule has 0 spiro atoms. The summed E-state index contributed by atoms with van der Waals surface area (Å²) in [6, 6.07) is 0. The van der Waals surface area contributed by atoms with Crippen LogP contribution in [0.5, 0.6) is 0 Å². The zero-order valence-electron chi connectivity index (χ0n) is 21.3. The van der Waals surface area contributed by atoms with E-state index in [1.165, 1.54) is 6.08 Å². The van der Waals surface area contributed by atoms with Crippen molar-refractivity contribution in [2.75, 3.05) is 26.4 Å². The number of hydrogen-bond donors (Lipinski definition) is 2. The molecule has 0 aliphatic carbocycles. The van der Waals surface area contributed by atoms with E-state index < -0.39 is 17.9 Å². The van der Waals surface area contributed by atoms with E-state index in [0.29, 0.717) is 19.1 Å². The Kier molecular flexibility index (Phi) is 28.1. The molecule has 0 saturated carbocycles. The minimum atomic E-state index is -1.11. The van der Waals surface area contributed by atoms with Gasteiger partial charge in [0.25, 0.3) is 0 Å². The molecule has 0 aromatic carbocycles. The predicted molar refractivity (Wildman–Crippen MR) is 134 cm³/mol. The van der Waals surface area contributed by atoms with E-state index >= 15 is 0 Å². The van der Waals surface area contributed by atoms with Gasteiger partial charge in [-0.05, 0) is 24.8 Å². The van der Waals surface area contributed by atoms with Gasteiger partial charge in [0.15, 0.2) is 0 Å². The maximum atomic E-state index is 11.5. The van der Waals surface area contributed by atoms with Crippen molar-refractivity contribution in [3.8, 4) is 0 Å². The van der Waals surface area contributed by atoms with Gasteiger partial charge in [0.05, 0.1) is 25.4 Å². The average molecular weight is 499 g/mol. The molecule has 35 heavy (non-hydrogen) atoms. The third-order valence-electron chi connectivity index (χ3n) is 4.09. The van der Waals surface area contributed by atoms with Crippen LogP contribution in [0, 0.1) is 5.92 Å². The number of aliphatic hydroxyl groups excluding tert-OH is 1. The van der Waals surface area contributed by atoms with Crippen molar-refractivity contribution >= 4 is 23.9 Å². The molecule has 0 amide bonds. The number of hydrogen-bond acceptors (Lipinski definition) is 8. The summed E-state index contributed by atoms with van der Waals surface area (Å²) >= 11 is 0. The van der Waals surface area contributed by atoms with Crippen LogP contribution < -0.4 is 0 Å². The lowest BCUT2D eigenvalue weighted by Crippen LogP contribution is -2.14. The number of aliphatic carboxylic acids is 1. The fourth-order valence-corrected chi connectivity index (χ4v) is 2.01. The summed E-state index contributed by atoms with van der Waals surface area (Å²) in [5, 5.41) is 16.5. The van der Waals surface area contributed by atoms with Crippen LogP contribution in [0.3, 0.4) is 0 Å². The van der Waals surface area contributed by atoms with Crippen molar-refractivity contribution in [2.45, 2.75) is 59.3 Å². The van der Waals surface area contributed by atoms with Crippen molar-refractivity contribution in [3.05, 3.63) is 49.6 Å². The molecule has 0 fully saturated rings. The molecule has 1 unspecified atom stereocenters. The van der Waals surface area contributed by atoms with Crippen LogP contribution in [0.15, 0.2) is 49.6 Å². The predicted octanol–water partition coefficient (Wildman–Crippen LogP) is 4.17. The van der Waals surface area contributed by atoms with Crippen LogP contribution in [0.1, 0.15) is 59.3 Å². The summed E-state index contributed by atoms with van der Waals surface area (Å²) in [5.41, 5.74) is 0.0581. The molecular weight excluding hydrogens is 456 g/mol. The quantitative estimate of drug-likeness (QED) is 0.106. The molecule has 0 saturated heterocycles. The molecule has 0 rings (SSSR count). The topological polar surface area (TPSA) is 136 Å². The minimum Gasteiger partial charge on any atom is -0.478 e. The zero-order valence-corrected chi connectivity index (χ0v) is 21.3. The Morgan fingerprint density at radius 2 is 1.40 bits per heavy atom. The normalized spacial score (nSPS) is 10.4. The van der Waals surface area contributed by atoms with Crippen LogP contribution in [0.4, 0.5) is 0 Å². The van der Waals surface area contributed by atoms with Gasteiger partial charge in [0.2, 0.25) is 0 Å². The molecule has 2 N–H and O–H groups in total. The molecule has 0 heterocycles. The van der Waals surface area contributed by atoms with Crippen molar-refractivity contribution < 1.29 is 43.6 Å². The van der Waals surface area contributed by atoms with Gasteiger partial charge in [0, 0.05) is 18.2 Å². The number of unbranched alkanes of at least 4 members (excludes halogenated alkanes) is 2. The number of ether oxygens (including phenoxy) is 3. The third-order valence-corrected chi connectivity index (χ3v) is 4.09. The largest absolute Gasteiger partial charge is 0.478 e. The van der Waals surface area contributed by atoms with E-state index in [4.69, 9.17) is 14.9 Å². The van der Waals surface area contributed by atoms with E-state index in [-0.39, 0.29) is 24.8 Å². The summed E-state index contributed by atoms with van der Waals surface area (Å²) in [5.74, 6) is -2.13. The first-order chi connectivity index (χ1) is 16.6. The van der Waals surface area contributed by atoms with E-state index in [0.717, 1.165) is 56.8 Å². The molecule has 200 valence electrons. The highest BCUT2D eigenvalue weighted by Crippen LogP contribution is 2.13. The SMILES string of the molecule is C=C(C=CC(=O)O)C(=O)OCC(CC)CCCC.C=CC(=O)OCCCC.C=CC(=O)OCCO. The van der Waals surface area contributed by atoms with E-state index in [1.807, 2.05) is 6.92 Å². The monoisotopic (exact) mass is 498 g/mol. The van der Waals surface area contributed by atoms with Gasteiger partial charge >= 0.3 is 23.9 Å². The summed E-state index contributed by atoms with van der Waals surface area (Å²) < 4.78 is 14.1. The summed E-state index contributed by atoms with van der Waals surface area (Å²) in [7, 11) is 0.